The Bertz CT molecular complexity index is 301. The third-order valence-corrected chi connectivity index (χ3v) is 5.11. The van der Waals surface area contributed by atoms with Gasteiger partial charge in [0, 0.05) is 12.0 Å². The highest BCUT2D eigenvalue weighted by molar-refractivity contribution is 5.79. The van der Waals surface area contributed by atoms with Gasteiger partial charge >= 0.3 is 0 Å². The first kappa shape index (κ1) is 13.9. The molecule has 0 bridgehead atoms. The molecule has 1 amide bonds. The highest BCUT2D eigenvalue weighted by Crippen LogP contribution is 2.41. The van der Waals surface area contributed by atoms with Gasteiger partial charge in [-0.05, 0) is 43.6 Å². The average molecular weight is 252 g/mol. The van der Waals surface area contributed by atoms with Gasteiger partial charge < -0.3 is 11.1 Å². The zero-order chi connectivity index (χ0) is 13.2. The molecule has 0 heterocycles. The molecule has 2 fully saturated rings. The molecule has 0 aromatic carbocycles. The summed E-state index contributed by atoms with van der Waals surface area (Å²) in [6.07, 6.45) is 8.20. The van der Waals surface area contributed by atoms with Crippen LogP contribution in [0.25, 0.3) is 0 Å². The van der Waals surface area contributed by atoms with Crippen LogP contribution in [0.15, 0.2) is 0 Å². The Morgan fingerprint density at radius 1 is 1.22 bits per heavy atom. The number of carbonyl (C=O) groups is 1. The number of amides is 1. The summed E-state index contributed by atoms with van der Waals surface area (Å²) in [5, 5.41) is 3.29. The monoisotopic (exact) mass is 252 g/mol. The van der Waals surface area contributed by atoms with Gasteiger partial charge in [-0.15, -0.1) is 0 Å². The van der Waals surface area contributed by atoms with Crippen LogP contribution in [0.3, 0.4) is 0 Å². The van der Waals surface area contributed by atoms with Crippen molar-refractivity contribution in [1.82, 2.24) is 5.32 Å². The van der Waals surface area contributed by atoms with Crippen molar-refractivity contribution in [3.63, 3.8) is 0 Å². The Hall–Kier alpha value is -0.570. The SMILES string of the molecule is CC1(C)CCCCC1C(=O)NC1CCCC1CN. The molecule has 0 spiro atoms. The lowest BCUT2D eigenvalue weighted by molar-refractivity contribution is -0.131. The molecule has 3 atom stereocenters. The Morgan fingerprint density at radius 2 is 2.00 bits per heavy atom. The Labute approximate surface area is 111 Å². The molecule has 2 saturated carbocycles. The van der Waals surface area contributed by atoms with Crippen molar-refractivity contribution in [3.8, 4) is 0 Å². The molecule has 0 saturated heterocycles. The lowest BCUT2D eigenvalue weighted by atomic mass is 9.68. The summed E-state index contributed by atoms with van der Waals surface area (Å²) in [7, 11) is 0. The average Bonchev–Trinajstić information content (AvgIpc) is 2.75. The second kappa shape index (κ2) is 5.60. The van der Waals surface area contributed by atoms with Gasteiger partial charge in [0.1, 0.15) is 0 Å². The number of hydrogen-bond donors (Lipinski definition) is 2. The maximum atomic E-state index is 12.5. The summed E-state index contributed by atoms with van der Waals surface area (Å²) in [6, 6.07) is 0.334. The zero-order valence-corrected chi connectivity index (χ0v) is 11.9. The van der Waals surface area contributed by atoms with Crippen LogP contribution in [-0.2, 0) is 4.79 Å². The highest BCUT2D eigenvalue weighted by atomic mass is 16.2. The predicted octanol–water partition coefficient (Wildman–Crippen LogP) is 2.45. The summed E-state index contributed by atoms with van der Waals surface area (Å²) in [5.74, 6) is 0.982. The van der Waals surface area contributed by atoms with Gasteiger partial charge in [0.25, 0.3) is 0 Å². The largest absolute Gasteiger partial charge is 0.353 e. The molecule has 0 aliphatic heterocycles. The van der Waals surface area contributed by atoms with Crippen LogP contribution < -0.4 is 11.1 Å². The predicted molar refractivity (Wildman–Crippen MR) is 74.1 cm³/mol. The molecule has 3 heteroatoms. The quantitative estimate of drug-likeness (QED) is 0.810. The Morgan fingerprint density at radius 3 is 2.67 bits per heavy atom. The fourth-order valence-electron chi connectivity index (χ4n) is 3.77. The lowest BCUT2D eigenvalue weighted by Gasteiger charge is -2.38. The van der Waals surface area contributed by atoms with Gasteiger partial charge in [0.05, 0.1) is 0 Å². The van der Waals surface area contributed by atoms with E-state index in [9.17, 15) is 4.79 Å². The maximum absolute atomic E-state index is 12.5. The summed E-state index contributed by atoms with van der Waals surface area (Å²) in [5.41, 5.74) is 5.95. The second-order valence-corrected chi connectivity index (χ2v) is 6.83. The Balaban J connectivity index is 1.94. The normalized spacial score (nSPS) is 35.4. The smallest absolute Gasteiger partial charge is 0.223 e. The van der Waals surface area contributed by atoms with Crippen molar-refractivity contribution < 1.29 is 4.79 Å². The first-order valence-corrected chi connectivity index (χ1v) is 7.55. The van der Waals surface area contributed by atoms with E-state index >= 15 is 0 Å². The molecule has 2 aliphatic rings. The second-order valence-electron chi connectivity index (χ2n) is 6.83. The highest BCUT2D eigenvalue weighted by Gasteiger charge is 2.38. The van der Waals surface area contributed by atoms with Crippen molar-refractivity contribution in [2.24, 2.45) is 23.0 Å². The van der Waals surface area contributed by atoms with Crippen LogP contribution in [0.2, 0.25) is 0 Å². The first-order valence-electron chi connectivity index (χ1n) is 7.55. The fraction of sp³-hybridized carbons (Fsp3) is 0.933. The van der Waals surface area contributed by atoms with E-state index in [0.717, 1.165) is 12.8 Å². The summed E-state index contributed by atoms with van der Waals surface area (Å²) >= 11 is 0. The molecule has 0 aromatic heterocycles. The van der Waals surface area contributed by atoms with Crippen LogP contribution in [-0.4, -0.2) is 18.5 Å². The standard InChI is InChI=1S/C15H28N2O/c1-15(2)9-4-3-7-12(15)14(18)17-13-8-5-6-11(13)10-16/h11-13H,3-10,16H2,1-2H3,(H,17,18). The molecule has 18 heavy (non-hydrogen) atoms. The Kier molecular flexibility index (Phi) is 4.31. The fourth-order valence-corrected chi connectivity index (χ4v) is 3.77. The zero-order valence-electron chi connectivity index (χ0n) is 11.9. The number of nitrogens with two attached hydrogens (primary N) is 1. The van der Waals surface area contributed by atoms with Crippen LogP contribution >= 0.6 is 0 Å². The summed E-state index contributed by atoms with van der Waals surface area (Å²) in [4.78, 5) is 12.5. The van der Waals surface area contributed by atoms with Gasteiger partial charge in [-0.3, -0.25) is 4.79 Å². The number of rotatable bonds is 3. The summed E-state index contributed by atoms with van der Waals surface area (Å²) in [6.45, 7) is 5.19. The molecule has 0 aromatic rings. The summed E-state index contributed by atoms with van der Waals surface area (Å²) < 4.78 is 0. The van der Waals surface area contributed by atoms with E-state index < -0.39 is 0 Å². The molecular formula is C15H28N2O. The van der Waals surface area contributed by atoms with Gasteiger partial charge in [0.15, 0.2) is 0 Å². The van der Waals surface area contributed by atoms with Crippen molar-refractivity contribution in [2.75, 3.05) is 6.54 Å². The van der Waals surface area contributed by atoms with Crippen molar-refractivity contribution in [1.29, 1.82) is 0 Å². The van der Waals surface area contributed by atoms with E-state index in [2.05, 4.69) is 19.2 Å². The molecule has 0 radical (unpaired) electrons. The molecule has 3 N–H and O–H groups in total. The maximum Gasteiger partial charge on any atom is 0.223 e. The molecule has 104 valence electrons. The number of carbonyl (C=O) groups excluding carboxylic acids is 1. The third kappa shape index (κ3) is 2.87. The van der Waals surface area contributed by atoms with Crippen molar-refractivity contribution in [3.05, 3.63) is 0 Å². The van der Waals surface area contributed by atoms with Crippen LogP contribution in [0, 0.1) is 17.3 Å². The minimum Gasteiger partial charge on any atom is -0.353 e. The van der Waals surface area contributed by atoms with Gasteiger partial charge in [0.2, 0.25) is 5.91 Å². The first-order chi connectivity index (χ1) is 8.54. The van der Waals surface area contributed by atoms with Gasteiger partial charge in [-0.2, -0.15) is 0 Å². The van der Waals surface area contributed by atoms with Crippen LogP contribution in [0.5, 0.6) is 0 Å². The van der Waals surface area contributed by atoms with E-state index in [1.807, 2.05) is 0 Å². The van der Waals surface area contributed by atoms with Crippen LogP contribution in [0.4, 0.5) is 0 Å². The third-order valence-electron chi connectivity index (χ3n) is 5.11. The topological polar surface area (TPSA) is 55.1 Å². The van der Waals surface area contributed by atoms with Crippen molar-refractivity contribution in [2.45, 2.75) is 64.8 Å². The van der Waals surface area contributed by atoms with Crippen molar-refractivity contribution >= 4 is 5.91 Å². The number of nitrogens with one attached hydrogen (secondary N) is 1. The van der Waals surface area contributed by atoms with Crippen LogP contribution in [0.1, 0.15) is 58.8 Å². The molecule has 3 unspecified atom stereocenters. The lowest BCUT2D eigenvalue weighted by Crippen LogP contribution is -2.47. The van der Waals surface area contributed by atoms with E-state index in [1.165, 1.54) is 32.1 Å². The van der Waals surface area contributed by atoms with Gasteiger partial charge in [-0.25, -0.2) is 0 Å². The van der Waals surface area contributed by atoms with Gasteiger partial charge in [-0.1, -0.05) is 33.1 Å². The van der Waals surface area contributed by atoms with E-state index in [1.54, 1.807) is 0 Å². The number of hydrogen-bond acceptors (Lipinski definition) is 2. The molecule has 3 nitrogen and oxygen atoms in total. The van der Waals surface area contributed by atoms with E-state index in [0.29, 0.717) is 18.5 Å². The van der Waals surface area contributed by atoms with E-state index in [4.69, 9.17) is 5.73 Å². The molecule has 2 aliphatic carbocycles. The van der Waals surface area contributed by atoms with E-state index in [-0.39, 0.29) is 17.2 Å². The molecule has 2 rings (SSSR count). The minimum absolute atomic E-state index is 0.166. The molecular weight excluding hydrogens is 224 g/mol. The minimum atomic E-state index is 0.166.